The molecule has 17 heavy (non-hydrogen) atoms. The normalized spacial score (nSPS) is 10.3. The number of hydrogen-bond donors (Lipinski definition) is 0. The van der Waals surface area contributed by atoms with E-state index in [1.54, 1.807) is 6.07 Å². The van der Waals surface area contributed by atoms with E-state index in [2.05, 4.69) is 15.9 Å². The Bertz CT molecular complexity index is 511. The minimum Gasteiger partial charge on any atom is -0.487 e. The molecule has 0 heterocycles. The Morgan fingerprint density at radius 3 is 2.53 bits per heavy atom. The van der Waals surface area contributed by atoms with E-state index in [4.69, 9.17) is 4.74 Å². The molecule has 2 aromatic rings. The minimum atomic E-state index is -0.307. The van der Waals surface area contributed by atoms with Crippen LogP contribution in [0, 0.1) is 12.7 Å². The van der Waals surface area contributed by atoms with Crippen molar-refractivity contribution < 1.29 is 9.13 Å². The van der Waals surface area contributed by atoms with Crippen LogP contribution in [0.1, 0.15) is 11.1 Å². The molecule has 0 aliphatic carbocycles. The van der Waals surface area contributed by atoms with E-state index in [-0.39, 0.29) is 5.82 Å². The maximum absolute atomic E-state index is 13.4. The third kappa shape index (κ3) is 2.86. The van der Waals surface area contributed by atoms with Gasteiger partial charge in [0.15, 0.2) is 0 Å². The second-order valence-electron chi connectivity index (χ2n) is 3.78. The molecule has 0 saturated carbocycles. The van der Waals surface area contributed by atoms with Gasteiger partial charge in [0.2, 0.25) is 0 Å². The van der Waals surface area contributed by atoms with Crippen LogP contribution in [0.5, 0.6) is 5.75 Å². The number of hydrogen-bond acceptors (Lipinski definition) is 1. The van der Waals surface area contributed by atoms with Gasteiger partial charge in [0, 0.05) is 0 Å². The molecule has 0 aliphatic rings. The quantitative estimate of drug-likeness (QED) is 0.811. The summed E-state index contributed by atoms with van der Waals surface area (Å²) in [5.74, 6) is 0.257. The van der Waals surface area contributed by atoms with Crippen LogP contribution in [-0.4, -0.2) is 0 Å². The van der Waals surface area contributed by atoms with Crippen molar-refractivity contribution in [2.45, 2.75) is 13.5 Å². The zero-order valence-electron chi connectivity index (χ0n) is 9.41. The predicted molar refractivity (Wildman–Crippen MR) is 69.6 cm³/mol. The molecule has 0 aromatic heterocycles. The van der Waals surface area contributed by atoms with Gasteiger partial charge in [-0.2, -0.15) is 0 Å². The van der Waals surface area contributed by atoms with Crippen LogP contribution in [-0.2, 0) is 6.61 Å². The molecule has 0 saturated heterocycles. The Balaban J connectivity index is 2.17. The molecule has 1 nitrogen and oxygen atoms in total. The van der Waals surface area contributed by atoms with E-state index in [1.165, 1.54) is 6.07 Å². The number of aryl methyl sites for hydroxylation is 1. The first-order chi connectivity index (χ1) is 8.18. The van der Waals surface area contributed by atoms with E-state index in [1.807, 2.05) is 37.3 Å². The summed E-state index contributed by atoms with van der Waals surface area (Å²) in [7, 11) is 0. The molecule has 0 atom stereocenters. The van der Waals surface area contributed by atoms with E-state index in [0.29, 0.717) is 16.8 Å². The fraction of sp³-hybridized carbons (Fsp3) is 0.143. The average Bonchev–Trinajstić information content (AvgIpc) is 2.35. The summed E-state index contributed by atoms with van der Waals surface area (Å²) in [4.78, 5) is 0. The Kier molecular flexibility index (Phi) is 3.79. The van der Waals surface area contributed by atoms with E-state index < -0.39 is 0 Å². The van der Waals surface area contributed by atoms with Gasteiger partial charge in [0.25, 0.3) is 0 Å². The molecule has 0 spiro atoms. The molecule has 0 unspecified atom stereocenters. The zero-order valence-corrected chi connectivity index (χ0v) is 11.0. The van der Waals surface area contributed by atoms with Gasteiger partial charge in [0.1, 0.15) is 18.2 Å². The van der Waals surface area contributed by atoms with Gasteiger partial charge in [0.05, 0.1) is 4.47 Å². The van der Waals surface area contributed by atoms with Crippen molar-refractivity contribution in [3.63, 3.8) is 0 Å². The lowest BCUT2D eigenvalue weighted by atomic mass is 10.2. The number of halogens is 2. The molecule has 0 fully saturated rings. The van der Waals surface area contributed by atoms with Gasteiger partial charge in [-0.25, -0.2) is 4.39 Å². The standard InChI is InChI=1S/C14H12BrFO/c1-10-7-8-12(16)13(15)14(10)17-9-11-5-3-2-4-6-11/h2-8H,9H2,1H3. The molecular formula is C14H12BrFO. The van der Waals surface area contributed by atoms with Crippen LogP contribution in [0.15, 0.2) is 46.9 Å². The third-order valence-corrected chi connectivity index (χ3v) is 3.21. The largest absolute Gasteiger partial charge is 0.487 e. The van der Waals surface area contributed by atoms with E-state index in [0.717, 1.165) is 11.1 Å². The maximum Gasteiger partial charge on any atom is 0.141 e. The van der Waals surface area contributed by atoms with Crippen molar-refractivity contribution >= 4 is 15.9 Å². The first-order valence-corrected chi connectivity index (χ1v) is 6.09. The SMILES string of the molecule is Cc1ccc(F)c(Br)c1OCc1ccccc1. The van der Waals surface area contributed by atoms with Gasteiger partial charge in [-0.05, 0) is 40.0 Å². The molecule has 3 heteroatoms. The predicted octanol–water partition coefficient (Wildman–Crippen LogP) is 4.48. The lowest BCUT2D eigenvalue weighted by Crippen LogP contribution is -1.98. The molecular weight excluding hydrogens is 283 g/mol. The lowest BCUT2D eigenvalue weighted by Gasteiger charge is -2.11. The van der Waals surface area contributed by atoms with Gasteiger partial charge in [-0.1, -0.05) is 36.4 Å². The highest BCUT2D eigenvalue weighted by atomic mass is 79.9. The summed E-state index contributed by atoms with van der Waals surface area (Å²) in [6.07, 6.45) is 0. The van der Waals surface area contributed by atoms with Crippen molar-refractivity contribution in [2.24, 2.45) is 0 Å². The van der Waals surface area contributed by atoms with Crippen LogP contribution < -0.4 is 4.74 Å². The summed E-state index contributed by atoms with van der Waals surface area (Å²) in [6.45, 7) is 2.33. The average molecular weight is 295 g/mol. The number of rotatable bonds is 3. The van der Waals surface area contributed by atoms with Crippen LogP contribution in [0.3, 0.4) is 0 Å². The fourth-order valence-electron chi connectivity index (χ4n) is 1.54. The van der Waals surface area contributed by atoms with Crippen LogP contribution in [0.4, 0.5) is 4.39 Å². The monoisotopic (exact) mass is 294 g/mol. The van der Waals surface area contributed by atoms with Crippen molar-refractivity contribution in [3.8, 4) is 5.75 Å². The summed E-state index contributed by atoms with van der Waals surface area (Å²) < 4.78 is 19.4. The third-order valence-electron chi connectivity index (χ3n) is 2.47. The Morgan fingerprint density at radius 2 is 1.82 bits per heavy atom. The fourth-order valence-corrected chi connectivity index (χ4v) is 2.09. The zero-order chi connectivity index (χ0) is 12.3. The molecule has 0 radical (unpaired) electrons. The second-order valence-corrected chi connectivity index (χ2v) is 4.57. The summed E-state index contributed by atoms with van der Waals surface area (Å²) >= 11 is 3.20. The van der Waals surface area contributed by atoms with Crippen molar-refractivity contribution in [1.29, 1.82) is 0 Å². The van der Waals surface area contributed by atoms with Gasteiger partial charge in [-0.15, -0.1) is 0 Å². The summed E-state index contributed by atoms with van der Waals surface area (Å²) in [5, 5.41) is 0. The lowest BCUT2D eigenvalue weighted by molar-refractivity contribution is 0.300. The maximum atomic E-state index is 13.4. The van der Waals surface area contributed by atoms with Crippen LogP contribution >= 0.6 is 15.9 Å². The molecule has 0 bridgehead atoms. The first-order valence-electron chi connectivity index (χ1n) is 5.30. The summed E-state index contributed by atoms with van der Waals surface area (Å²) in [6, 6.07) is 12.9. The Hall–Kier alpha value is -1.35. The molecule has 0 amide bonds. The van der Waals surface area contributed by atoms with Gasteiger partial charge in [-0.3, -0.25) is 0 Å². The smallest absolute Gasteiger partial charge is 0.141 e. The second kappa shape index (κ2) is 5.32. The number of ether oxygens (including phenoxy) is 1. The molecule has 2 aromatic carbocycles. The first kappa shape index (κ1) is 12.1. The van der Waals surface area contributed by atoms with Crippen LogP contribution in [0.25, 0.3) is 0 Å². The van der Waals surface area contributed by atoms with Gasteiger partial charge < -0.3 is 4.74 Å². The molecule has 0 aliphatic heterocycles. The van der Waals surface area contributed by atoms with Crippen molar-refractivity contribution in [2.75, 3.05) is 0 Å². The Labute approximate surface area is 108 Å². The molecule has 2 rings (SSSR count). The highest BCUT2D eigenvalue weighted by Crippen LogP contribution is 2.31. The van der Waals surface area contributed by atoms with Crippen molar-refractivity contribution in [1.82, 2.24) is 0 Å². The summed E-state index contributed by atoms with van der Waals surface area (Å²) in [5.41, 5.74) is 1.97. The van der Waals surface area contributed by atoms with E-state index in [9.17, 15) is 4.39 Å². The van der Waals surface area contributed by atoms with Gasteiger partial charge >= 0.3 is 0 Å². The minimum absolute atomic E-state index is 0.307. The van der Waals surface area contributed by atoms with Crippen LogP contribution in [0.2, 0.25) is 0 Å². The molecule has 0 N–H and O–H groups in total. The topological polar surface area (TPSA) is 9.23 Å². The highest BCUT2D eigenvalue weighted by molar-refractivity contribution is 9.10. The van der Waals surface area contributed by atoms with E-state index >= 15 is 0 Å². The molecule has 88 valence electrons. The highest BCUT2D eigenvalue weighted by Gasteiger charge is 2.10. The Morgan fingerprint density at radius 1 is 1.12 bits per heavy atom. The number of benzene rings is 2. The van der Waals surface area contributed by atoms with Crippen molar-refractivity contribution in [3.05, 3.63) is 63.9 Å².